The maximum Gasteiger partial charge on any atom is 0.185 e. The average Bonchev–Trinajstić information content (AvgIpc) is 3.11. The van der Waals surface area contributed by atoms with Gasteiger partial charge in [0.15, 0.2) is 5.78 Å². The van der Waals surface area contributed by atoms with Crippen LogP contribution >= 0.6 is 0 Å². The summed E-state index contributed by atoms with van der Waals surface area (Å²) in [7, 11) is 0. The van der Waals surface area contributed by atoms with Crippen LogP contribution in [0.4, 0.5) is 11.4 Å². The van der Waals surface area contributed by atoms with Crippen molar-refractivity contribution >= 4 is 29.3 Å². The Balaban J connectivity index is 1.92. The lowest BCUT2D eigenvalue weighted by molar-refractivity contribution is -0.111. The molecule has 0 amide bonds. The highest BCUT2D eigenvalue weighted by Gasteiger charge is 2.24. The Kier molecular flexibility index (Phi) is 7.51. The maximum atomic E-state index is 13.2. The summed E-state index contributed by atoms with van der Waals surface area (Å²) < 4.78 is 0. The summed E-state index contributed by atoms with van der Waals surface area (Å²) >= 11 is 0. The van der Waals surface area contributed by atoms with Crippen LogP contribution in [0.15, 0.2) is 59.7 Å². The Morgan fingerprint density at radius 2 is 1.03 bits per heavy atom. The van der Waals surface area contributed by atoms with E-state index in [0.717, 1.165) is 61.3 Å². The molecule has 1 saturated carbocycles. The highest BCUT2D eigenvalue weighted by molar-refractivity contribution is 6.16. The van der Waals surface area contributed by atoms with Crippen LogP contribution in [0.3, 0.4) is 0 Å². The Bertz CT molecular complexity index is 858. The molecule has 1 aliphatic rings. The molecule has 0 radical (unpaired) electrons. The molecular weight excluding hydrogens is 368 g/mol. The third-order valence-electron chi connectivity index (χ3n) is 5.99. The number of hydrogen-bond donors (Lipinski definition) is 0. The molecule has 158 valence electrons. The molecule has 1 fully saturated rings. The second-order valence-electron chi connectivity index (χ2n) is 7.63. The van der Waals surface area contributed by atoms with E-state index in [1.807, 2.05) is 0 Å². The molecule has 1 aliphatic carbocycles. The lowest BCUT2D eigenvalue weighted by atomic mass is 10.0. The summed E-state index contributed by atoms with van der Waals surface area (Å²) in [5.41, 5.74) is 6.50. The fourth-order valence-electron chi connectivity index (χ4n) is 4.28. The summed E-state index contributed by atoms with van der Waals surface area (Å²) in [5.74, 6) is 0.193. The number of nitrogens with zero attached hydrogens (tertiary/aromatic N) is 2. The van der Waals surface area contributed by atoms with Gasteiger partial charge in [0, 0.05) is 48.7 Å². The monoisotopic (exact) mass is 402 g/mol. The minimum atomic E-state index is 0.193. The first kappa shape index (κ1) is 21.9. The van der Waals surface area contributed by atoms with Gasteiger partial charge in [-0.2, -0.15) is 0 Å². The van der Waals surface area contributed by atoms with Gasteiger partial charge in [0.05, 0.1) is 0 Å². The molecule has 0 aromatic heterocycles. The van der Waals surface area contributed by atoms with E-state index >= 15 is 0 Å². The highest BCUT2D eigenvalue weighted by atomic mass is 16.1. The molecule has 0 bridgehead atoms. The molecule has 3 nitrogen and oxygen atoms in total. The van der Waals surface area contributed by atoms with E-state index in [1.165, 1.54) is 11.4 Å². The SMILES string of the molecule is CCN(CC)c1ccccc1C=C1CCC(=Cc2ccccc2N(CC)CC)C1=O. The van der Waals surface area contributed by atoms with Gasteiger partial charge in [-0.3, -0.25) is 4.79 Å². The van der Waals surface area contributed by atoms with Crippen LogP contribution in [0.5, 0.6) is 0 Å². The van der Waals surface area contributed by atoms with Crippen molar-refractivity contribution in [2.75, 3.05) is 36.0 Å². The van der Waals surface area contributed by atoms with E-state index in [1.54, 1.807) is 0 Å². The summed E-state index contributed by atoms with van der Waals surface area (Å²) in [4.78, 5) is 17.9. The molecular formula is C27H34N2O. The van der Waals surface area contributed by atoms with Crippen LogP contribution < -0.4 is 9.80 Å². The van der Waals surface area contributed by atoms with Gasteiger partial charge in [0.1, 0.15) is 0 Å². The van der Waals surface area contributed by atoms with Gasteiger partial charge in [0.2, 0.25) is 0 Å². The first-order valence-electron chi connectivity index (χ1n) is 11.3. The largest absolute Gasteiger partial charge is 0.372 e. The summed E-state index contributed by atoms with van der Waals surface area (Å²) in [5, 5.41) is 0. The van der Waals surface area contributed by atoms with Crippen molar-refractivity contribution in [3.05, 3.63) is 70.8 Å². The predicted molar refractivity (Wildman–Crippen MR) is 130 cm³/mol. The predicted octanol–water partition coefficient (Wildman–Crippen LogP) is 6.21. The molecule has 2 aromatic carbocycles. The van der Waals surface area contributed by atoms with E-state index < -0.39 is 0 Å². The summed E-state index contributed by atoms with van der Waals surface area (Å²) in [6.45, 7) is 12.5. The van der Waals surface area contributed by atoms with Crippen LogP contribution in [0.25, 0.3) is 12.2 Å². The lowest BCUT2D eigenvalue weighted by Crippen LogP contribution is -2.22. The maximum absolute atomic E-state index is 13.2. The van der Waals surface area contributed by atoms with Gasteiger partial charge in [0.25, 0.3) is 0 Å². The number of carbonyl (C=O) groups excluding carboxylic acids is 1. The van der Waals surface area contributed by atoms with Gasteiger partial charge in [-0.05, 0) is 75.9 Å². The van der Waals surface area contributed by atoms with Crippen LogP contribution in [-0.4, -0.2) is 32.0 Å². The van der Waals surface area contributed by atoms with E-state index in [4.69, 9.17) is 0 Å². The van der Waals surface area contributed by atoms with Gasteiger partial charge in [-0.25, -0.2) is 0 Å². The number of carbonyl (C=O) groups is 1. The molecule has 3 heteroatoms. The van der Waals surface area contributed by atoms with Crippen molar-refractivity contribution in [3.8, 4) is 0 Å². The van der Waals surface area contributed by atoms with Gasteiger partial charge in [-0.15, -0.1) is 0 Å². The molecule has 0 aliphatic heterocycles. The van der Waals surface area contributed by atoms with E-state index in [2.05, 4.69) is 98.2 Å². The molecule has 3 rings (SSSR count). The van der Waals surface area contributed by atoms with Crippen LogP contribution in [0.1, 0.15) is 51.7 Å². The zero-order valence-electron chi connectivity index (χ0n) is 18.8. The summed E-state index contributed by atoms with van der Waals surface area (Å²) in [6, 6.07) is 16.8. The number of para-hydroxylation sites is 2. The molecule has 0 spiro atoms. The minimum absolute atomic E-state index is 0.193. The summed E-state index contributed by atoms with van der Waals surface area (Å²) in [6.07, 6.45) is 5.83. The second-order valence-corrected chi connectivity index (χ2v) is 7.63. The van der Waals surface area contributed by atoms with Gasteiger partial charge in [-0.1, -0.05) is 36.4 Å². The number of Topliss-reactive ketones (excluding diaryl/α,β-unsaturated/α-hetero) is 1. The molecule has 0 saturated heterocycles. The third kappa shape index (κ3) is 4.67. The third-order valence-corrected chi connectivity index (χ3v) is 5.99. The molecule has 0 N–H and O–H groups in total. The first-order valence-corrected chi connectivity index (χ1v) is 11.3. The van der Waals surface area contributed by atoms with E-state index in [9.17, 15) is 4.79 Å². The molecule has 0 unspecified atom stereocenters. The van der Waals surface area contributed by atoms with Crippen molar-refractivity contribution in [3.63, 3.8) is 0 Å². The normalized spacial score (nSPS) is 16.5. The zero-order valence-corrected chi connectivity index (χ0v) is 18.8. The average molecular weight is 403 g/mol. The fraction of sp³-hybridized carbons (Fsp3) is 0.370. The topological polar surface area (TPSA) is 23.6 Å². The molecule has 2 aromatic rings. The number of rotatable bonds is 8. The molecule has 0 heterocycles. The van der Waals surface area contributed by atoms with Crippen molar-refractivity contribution in [1.82, 2.24) is 0 Å². The quantitative estimate of drug-likeness (QED) is 0.491. The number of allylic oxidation sites excluding steroid dienone is 2. The first-order chi connectivity index (χ1) is 14.6. The number of hydrogen-bond acceptors (Lipinski definition) is 3. The van der Waals surface area contributed by atoms with Crippen molar-refractivity contribution in [2.45, 2.75) is 40.5 Å². The molecule has 30 heavy (non-hydrogen) atoms. The van der Waals surface area contributed by atoms with Crippen LogP contribution in [0, 0.1) is 0 Å². The Labute approximate surface area is 181 Å². The van der Waals surface area contributed by atoms with E-state index in [-0.39, 0.29) is 5.78 Å². The van der Waals surface area contributed by atoms with E-state index in [0.29, 0.717) is 0 Å². The number of ketones is 1. The van der Waals surface area contributed by atoms with Crippen molar-refractivity contribution < 1.29 is 4.79 Å². The van der Waals surface area contributed by atoms with Crippen molar-refractivity contribution in [2.24, 2.45) is 0 Å². The van der Waals surface area contributed by atoms with Crippen LogP contribution in [0.2, 0.25) is 0 Å². The second kappa shape index (κ2) is 10.3. The van der Waals surface area contributed by atoms with Gasteiger partial charge < -0.3 is 9.80 Å². The fourth-order valence-corrected chi connectivity index (χ4v) is 4.28. The molecule has 0 atom stereocenters. The Morgan fingerprint density at radius 1 is 0.667 bits per heavy atom. The number of benzene rings is 2. The highest BCUT2D eigenvalue weighted by Crippen LogP contribution is 2.33. The lowest BCUT2D eigenvalue weighted by Gasteiger charge is -2.23. The number of anilines is 2. The Morgan fingerprint density at radius 3 is 1.40 bits per heavy atom. The standard InChI is InChI=1S/C27H34N2O/c1-5-28(6-2)25-15-11-9-13-21(25)19-23-17-18-24(27(23)30)20-22-14-10-12-16-26(22)29(7-3)8-4/h9-16,19-20H,5-8,17-18H2,1-4H3. The minimum Gasteiger partial charge on any atom is -0.372 e. The van der Waals surface area contributed by atoms with Crippen LogP contribution in [-0.2, 0) is 4.79 Å². The smallest absolute Gasteiger partial charge is 0.185 e. The van der Waals surface area contributed by atoms with Crippen molar-refractivity contribution in [1.29, 1.82) is 0 Å². The zero-order chi connectivity index (χ0) is 21.5. The Hall–Kier alpha value is -2.81. The van der Waals surface area contributed by atoms with Gasteiger partial charge >= 0.3 is 0 Å².